The van der Waals surface area contributed by atoms with Crippen molar-refractivity contribution in [3.8, 4) is 0 Å². The fourth-order valence-corrected chi connectivity index (χ4v) is 3.24. The van der Waals surface area contributed by atoms with Crippen LogP contribution in [0.4, 0.5) is 0 Å². The molecule has 26 heavy (non-hydrogen) atoms. The summed E-state index contributed by atoms with van der Waals surface area (Å²) in [5.41, 5.74) is 0. The second-order valence-electron chi connectivity index (χ2n) is 7.10. The number of halogens is 1. The van der Waals surface area contributed by atoms with E-state index in [2.05, 4.69) is 0 Å². The summed E-state index contributed by atoms with van der Waals surface area (Å²) in [6.45, 7) is 6.28. The van der Waals surface area contributed by atoms with Gasteiger partial charge in [-0.1, -0.05) is 13.8 Å². The molecule has 1 fully saturated rings. The largest absolute Gasteiger partial charge is 0.467 e. The highest BCUT2D eigenvalue weighted by Crippen LogP contribution is 2.16. The summed E-state index contributed by atoms with van der Waals surface area (Å²) in [6, 6.07) is 3.65. The van der Waals surface area contributed by atoms with Gasteiger partial charge in [0.1, 0.15) is 5.76 Å². The summed E-state index contributed by atoms with van der Waals surface area (Å²) >= 11 is 5.71. The maximum atomic E-state index is 13.0. The molecule has 1 atom stereocenters. The third-order valence-corrected chi connectivity index (χ3v) is 4.49. The van der Waals surface area contributed by atoms with Crippen LogP contribution in [0.2, 0.25) is 0 Å². The molecule has 7 heteroatoms. The molecule has 0 aliphatic carbocycles. The van der Waals surface area contributed by atoms with Gasteiger partial charge in [-0.25, -0.2) is 0 Å². The molecule has 1 aromatic heterocycles. The summed E-state index contributed by atoms with van der Waals surface area (Å²) in [6.07, 6.45) is 3.85. The molecule has 2 heterocycles. The van der Waals surface area contributed by atoms with Crippen LogP contribution < -0.4 is 0 Å². The van der Waals surface area contributed by atoms with Gasteiger partial charge in [0.05, 0.1) is 25.5 Å². The molecule has 146 valence electrons. The van der Waals surface area contributed by atoms with Crippen LogP contribution in [0.15, 0.2) is 22.8 Å². The number of nitrogens with zero attached hydrogens (tertiary/aromatic N) is 2. The molecule has 2 amide bonds. The summed E-state index contributed by atoms with van der Waals surface area (Å²) in [5, 5.41) is 0. The zero-order chi connectivity index (χ0) is 18.9. The Kier molecular flexibility index (Phi) is 8.45. The van der Waals surface area contributed by atoms with Gasteiger partial charge in [-0.3, -0.25) is 9.59 Å². The average molecular weight is 385 g/mol. The highest BCUT2D eigenvalue weighted by atomic mass is 35.5. The second-order valence-corrected chi connectivity index (χ2v) is 7.47. The third-order valence-electron chi connectivity index (χ3n) is 4.30. The molecule has 1 aromatic rings. The predicted molar refractivity (Wildman–Crippen MR) is 99.9 cm³/mol. The molecule has 0 saturated carbocycles. The molecular formula is C19H29ClN2O4. The molecule has 0 bridgehead atoms. The van der Waals surface area contributed by atoms with Gasteiger partial charge < -0.3 is 19.0 Å². The number of rotatable bonds is 10. The minimum Gasteiger partial charge on any atom is -0.467 e. The predicted octanol–water partition coefficient (Wildman–Crippen LogP) is 2.90. The number of furan rings is 1. The van der Waals surface area contributed by atoms with Crippen LogP contribution in [0.1, 0.15) is 38.9 Å². The van der Waals surface area contributed by atoms with Crippen molar-refractivity contribution in [2.24, 2.45) is 5.92 Å². The first-order chi connectivity index (χ1) is 12.5. The van der Waals surface area contributed by atoms with Crippen molar-refractivity contribution in [3.05, 3.63) is 24.2 Å². The van der Waals surface area contributed by atoms with Crippen LogP contribution in [0, 0.1) is 5.92 Å². The topological polar surface area (TPSA) is 63.0 Å². The van der Waals surface area contributed by atoms with Crippen molar-refractivity contribution in [1.82, 2.24) is 9.80 Å². The van der Waals surface area contributed by atoms with E-state index in [4.69, 9.17) is 20.8 Å². The lowest BCUT2D eigenvalue weighted by atomic mass is 10.2. The van der Waals surface area contributed by atoms with E-state index in [0.717, 1.165) is 25.2 Å². The third kappa shape index (κ3) is 6.65. The Hall–Kier alpha value is -1.53. The molecule has 6 nitrogen and oxygen atoms in total. The lowest BCUT2D eigenvalue weighted by molar-refractivity contribution is -0.142. The van der Waals surface area contributed by atoms with E-state index >= 15 is 0 Å². The zero-order valence-electron chi connectivity index (χ0n) is 15.7. The highest BCUT2D eigenvalue weighted by Gasteiger charge is 2.26. The Morgan fingerprint density at radius 3 is 2.69 bits per heavy atom. The molecule has 1 aliphatic heterocycles. The van der Waals surface area contributed by atoms with E-state index in [1.54, 1.807) is 22.1 Å². The van der Waals surface area contributed by atoms with E-state index in [9.17, 15) is 9.59 Å². The van der Waals surface area contributed by atoms with E-state index in [1.165, 1.54) is 0 Å². The minimum absolute atomic E-state index is 0.0472. The maximum absolute atomic E-state index is 13.0. The first kappa shape index (κ1) is 20.8. The number of ether oxygens (including phenoxy) is 1. The van der Waals surface area contributed by atoms with E-state index in [0.29, 0.717) is 19.6 Å². The molecule has 0 spiro atoms. The molecule has 0 unspecified atom stereocenters. The summed E-state index contributed by atoms with van der Waals surface area (Å²) in [5.74, 6) is 1.07. The zero-order valence-corrected chi connectivity index (χ0v) is 16.4. The van der Waals surface area contributed by atoms with Crippen LogP contribution in [0.25, 0.3) is 0 Å². The quantitative estimate of drug-likeness (QED) is 0.582. The number of hydrogen-bond donors (Lipinski definition) is 0. The van der Waals surface area contributed by atoms with Gasteiger partial charge in [-0.15, -0.1) is 11.6 Å². The fraction of sp³-hybridized carbons (Fsp3) is 0.684. The Morgan fingerprint density at radius 1 is 1.31 bits per heavy atom. The molecule has 0 N–H and O–H groups in total. The average Bonchev–Trinajstić information content (AvgIpc) is 3.27. The lowest BCUT2D eigenvalue weighted by Gasteiger charge is -2.29. The van der Waals surface area contributed by atoms with E-state index in [-0.39, 0.29) is 42.7 Å². The second kappa shape index (κ2) is 10.6. The normalized spacial score (nSPS) is 16.8. The fourth-order valence-electron chi connectivity index (χ4n) is 3.08. The number of alkyl halides is 1. The van der Waals surface area contributed by atoms with Crippen molar-refractivity contribution >= 4 is 23.4 Å². The monoisotopic (exact) mass is 384 g/mol. The standard InChI is InChI=1S/C19H29ClN2O4/c1-15(2)11-21(18(23)7-8-20)14-19(24)22(12-16-5-3-9-25-16)13-17-6-4-10-26-17/h3,5,9,15,17H,4,6-8,10-14H2,1-2H3/t17-/m1/s1. The van der Waals surface area contributed by atoms with Crippen molar-refractivity contribution in [2.75, 3.05) is 32.1 Å². The van der Waals surface area contributed by atoms with Crippen LogP contribution >= 0.6 is 11.6 Å². The summed E-state index contributed by atoms with van der Waals surface area (Å²) in [7, 11) is 0. The molecule has 1 aliphatic rings. The summed E-state index contributed by atoms with van der Waals surface area (Å²) in [4.78, 5) is 28.6. The van der Waals surface area contributed by atoms with Gasteiger partial charge in [-0.2, -0.15) is 0 Å². The van der Waals surface area contributed by atoms with Gasteiger partial charge in [0, 0.05) is 32.0 Å². The Bertz CT molecular complexity index is 556. The minimum atomic E-state index is -0.0968. The van der Waals surface area contributed by atoms with Gasteiger partial charge in [0.25, 0.3) is 0 Å². The van der Waals surface area contributed by atoms with Crippen LogP contribution in [-0.2, 0) is 20.9 Å². The van der Waals surface area contributed by atoms with Gasteiger partial charge >= 0.3 is 0 Å². The van der Waals surface area contributed by atoms with Crippen LogP contribution in [0.3, 0.4) is 0 Å². The van der Waals surface area contributed by atoms with Gasteiger partial charge in [0.2, 0.25) is 11.8 Å². The molecular weight excluding hydrogens is 356 g/mol. The van der Waals surface area contributed by atoms with E-state index < -0.39 is 0 Å². The molecule has 2 rings (SSSR count). The Balaban J connectivity index is 2.04. The smallest absolute Gasteiger partial charge is 0.242 e. The van der Waals surface area contributed by atoms with Crippen LogP contribution in [0.5, 0.6) is 0 Å². The number of carbonyl (C=O) groups is 2. The number of carbonyl (C=O) groups excluding carboxylic acids is 2. The number of amides is 2. The Labute approximate surface area is 160 Å². The summed E-state index contributed by atoms with van der Waals surface area (Å²) < 4.78 is 11.1. The Morgan fingerprint density at radius 2 is 2.12 bits per heavy atom. The number of hydrogen-bond acceptors (Lipinski definition) is 4. The van der Waals surface area contributed by atoms with Crippen molar-refractivity contribution in [3.63, 3.8) is 0 Å². The maximum Gasteiger partial charge on any atom is 0.242 e. The SMILES string of the molecule is CC(C)CN(CC(=O)N(Cc1ccco1)C[C@H]1CCCO1)C(=O)CCCl. The molecule has 0 aromatic carbocycles. The van der Waals surface area contributed by atoms with Gasteiger partial charge in [-0.05, 0) is 30.9 Å². The van der Waals surface area contributed by atoms with Crippen LogP contribution in [-0.4, -0.2) is 59.8 Å². The molecule has 0 radical (unpaired) electrons. The first-order valence-corrected chi connectivity index (χ1v) is 9.78. The van der Waals surface area contributed by atoms with Crippen molar-refractivity contribution in [2.45, 2.75) is 45.8 Å². The van der Waals surface area contributed by atoms with Crippen molar-refractivity contribution in [1.29, 1.82) is 0 Å². The van der Waals surface area contributed by atoms with E-state index in [1.807, 2.05) is 19.9 Å². The molecule has 1 saturated heterocycles. The first-order valence-electron chi connectivity index (χ1n) is 9.25. The lowest BCUT2D eigenvalue weighted by Crippen LogP contribution is -2.46. The highest BCUT2D eigenvalue weighted by molar-refractivity contribution is 6.18. The van der Waals surface area contributed by atoms with Gasteiger partial charge in [0.15, 0.2) is 0 Å². The van der Waals surface area contributed by atoms with Crippen molar-refractivity contribution < 1.29 is 18.7 Å².